The lowest BCUT2D eigenvalue weighted by Gasteiger charge is -2.17. The summed E-state index contributed by atoms with van der Waals surface area (Å²) in [6, 6.07) is 8.38. The second-order valence-corrected chi connectivity index (χ2v) is 8.40. The Labute approximate surface area is 159 Å². The molecule has 0 spiro atoms. The number of hydrogen-bond acceptors (Lipinski definition) is 5. The normalized spacial score (nSPS) is 14.9. The Bertz CT molecular complexity index is 894. The van der Waals surface area contributed by atoms with Crippen molar-refractivity contribution in [1.29, 1.82) is 0 Å². The third-order valence-electron chi connectivity index (χ3n) is 4.45. The van der Waals surface area contributed by atoms with Gasteiger partial charge in [-0.05, 0) is 61.2 Å². The smallest absolute Gasteiger partial charge is 0.258 e. The highest BCUT2D eigenvalue weighted by Crippen LogP contribution is 2.26. The van der Waals surface area contributed by atoms with Crippen LogP contribution in [0.1, 0.15) is 24.0 Å². The first kappa shape index (κ1) is 19.3. The van der Waals surface area contributed by atoms with E-state index in [1.54, 1.807) is 31.5 Å². The minimum Gasteiger partial charge on any atom is -0.484 e. The number of aromatic nitrogens is 1. The van der Waals surface area contributed by atoms with Crippen molar-refractivity contribution in [2.75, 3.05) is 19.7 Å². The molecular weight excluding hydrogens is 366 g/mol. The predicted molar refractivity (Wildman–Crippen MR) is 101 cm³/mol. The Morgan fingerprint density at radius 3 is 2.56 bits per heavy atom. The van der Waals surface area contributed by atoms with Gasteiger partial charge in [0.25, 0.3) is 5.91 Å². The monoisotopic (exact) mass is 389 g/mol. The summed E-state index contributed by atoms with van der Waals surface area (Å²) in [6.07, 6.45) is 5.13. The van der Waals surface area contributed by atoms with E-state index in [0.29, 0.717) is 30.9 Å². The van der Waals surface area contributed by atoms with Crippen LogP contribution in [0.4, 0.5) is 0 Å². The van der Waals surface area contributed by atoms with Crippen molar-refractivity contribution in [3.8, 4) is 5.75 Å². The Kier molecular flexibility index (Phi) is 6.08. The molecule has 1 aliphatic heterocycles. The first-order valence-corrected chi connectivity index (χ1v) is 10.3. The Hall–Kier alpha value is -2.45. The summed E-state index contributed by atoms with van der Waals surface area (Å²) in [5.74, 6) is 0.245. The molecule has 1 amide bonds. The van der Waals surface area contributed by atoms with E-state index in [9.17, 15) is 13.2 Å². The molecular formula is C19H23N3O4S. The fraction of sp³-hybridized carbons (Fsp3) is 0.368. The number of sulfonamides is 1. The van der Waals surface area contributed by atoms with Crippen molar-refractivity contribution in [2.24, 2.45) is 0 Å². The van der Waals surface area contributed by atoms with Gasteiger partial charge in [0.1, 0.15) is 5.75 Å². The average Bonchev–Trinajstić information content (AvgIpc) is 3.22. The predicted octanol–water partition coefficient (Wildman–Crippen LogP) is 1.87. The van der Waals surface area contributed by atoms with Crippen LogP contribution in [0, 0.1) is 6.92 Å². The molecule has 27 heavy (non-hydrogen) atoms. The number of carbonyl (C=O) groups is 1. The van der Waals surface area contributed by atoms with Crippen molar-refractivity contribution >= 4 is 15.9 Å². The van der Waals surface area contributed by atoms with Crippen molar-refractivity contribution in [3.63, 3.8) is 0 Å². The van der Waals surface area contributed by atoms with Crippen molar-refractivity contribution in [3.05, 3.63) is 53.9 Å². The molecule has 0 unspecified atom stereocenters. The van der Waals surface area contributed by atoms with Gasteiger partial charge in [-0.3, -0.25) is 9.78 Å². The number of nitrogens with zero attached hydrogens (tertiary/aromatic N) is 2. The zero-order valence-electron chi connectivity index (χ0n) is 15.2. The minimum atomic E-state index is -3.46. The highest BCUT2D eigenvalue weighted by Gasteiger charge is 2.27. The Morgan fingerprint density at radius 2 is 1.89 bits per heavy atom. The van der Waals surface area contributed by atoms with Crippen molar-refractivity contribution < 1.29 is 17.9 Å². The maximum Gasteiger partial charge on any atom is 0.258 e. The van der Waals surface area contributed by atoms with Crippen LogP contribution in [0.3, 0.4) is 0 Å². The molecule has 1 aromatic carbocycles. The molecule has 2 heterocycles. The number of carbonyl (C=O) groups excluding carboxylic acids is 1. The molecule has 1 aromatic heterocycles. The highest BCUT2D eigenvalue weighted by molar-refractivity contribution is 7.89. The lowest BCUT2D eigenvalue weighted by Crippen LogP contribution is -2.29. The van der Waals surface area contributed by atoms with Gasteiger partial charge in [-0.15, -0.1) is 0 Å². The molecule has 0 bridgehead atoms. The molecule has 0 atom stereocenters. The highest BCUT2D eigenvalue weighted by atomic mass is 32.2. The van der Waals surface area contributed by atoms with Gasteiger partial charge in [0.15, 0.2) is 6.61 Å². The van der Waals surface area contributed by atoms with Gasteiger partial charge in [0.05, 0.1) is 4.90 Å². The van der Waals surface area contributed by atoms with Gasteiger partial charge in [-0.1, -0.05) is 0 Å². The number of pyridine rings is 1. The second kappa shape index (κ2) is 8.49. The molecule has 1 aliphatic rings. The number of benzene rings is 1. The van der Waals surface area contributed by atoms with E-state index in [2.05, 4.69) is 10.3 Å². The van der Waals surface area contributed by atoms with Gasteiger partial charge in [-0.25, -0.2) is 8.42 Å². The lowest BCUT2D eigenvalue weighted by molar-refractivity contribution is -0.123. The summed E-state index contributed by atoms with van der Waals surface area (Å²) < 4.78 is 32.3. The van der Waals surface area contributed by atoms with Crippen molar-refractivity contribution in [1.82, 2.24) is 14.6 Å². The SMILES string of the molecule is Cc1cc(S(=O)(=O)N2CCCC2)ccc1OCC(=O)NCc1ccncc1. The molecule has 7 nitrogen and oxygen atoms in total. The standard InChI is InChI=1S/C19H23N3O4S/c1-15-12-17(27(24,25)22-10-2-3-11-22)4-5-18(15)26-14-19(23)21-13-16-6-8-20-9-7-16/h4-9,12H,2-3,10-11,13-14H2,1H3,(H,21,23). The van der Waals surface area contributed by atoms with Crippen molar-refractivity contribution in [2.45, 2.75) is 31.2 Å². The van der Waals surface area contributed by atoms with Crippen LogP contribution in [0.15, 0.2) is 47.6 Å². The number of rotatable bonds is 7. The van der Waals surface area contributed by atoms with Crippen LogP contribution in [-0.4, -0.2) is 43.3 Å². The van der Waals surface area contributed by atoms with E-state index in [-0.39, 0.29) is 17.4 Å². The number of hydrogen-bond donors (Lipinski definition) is 1. The van der Waals surface area contributed by atoms with Crippen LogP contribution in [-0.2, 0) is 21.4 Å². The second-order valence-electron chi connectivity index (χ2n) is 6.46. The fourth-order valence-corrected chi connectivity index (χ4v) is 4.52. The molecule has 1 N–H and O–H groups in total. The van der Waals surface area contributed by atoms with Gasteiger partial charge in [0.2, 0.25) is 10.0 Å². The van der Waals surface area contributed by atoms with E-state index in [0.717, 1.165) is 18.4 Å². The molecule has 0 radical (unpaired) electrons. The molecule has 0 saturated carbocycles. The zero-order chi connectivity index (χ0) is 19.3. The summed E-state index contributed by atoms with van der Waals surface area (Å²) in [7, 11) is -3.46. The van der Waals surface area contributed by atoms with Gasteiger partial charge < -0.3 is 10.1 Å². The number of ether oxygens (including phenoxy) is 1. The molecule has 1 fully saturated rings. The van der Waals surface area contributed by atoms with E-state index >= 15 is 0 Å². The Balaban J connectivity index is 1.57. The first-order chi connectivity index (χ1) is 13.0. The van der Waals surface area contributed by atoms with Gasteiger partial charge >= 0.3 is 0 Å². The zero-order valence-corrected chi connectivity index (χ0v) is 16.0. The third-order valence-corrected chi connectivity index (χ3v) is 6.34. The van der Waals surface area contributed by atoms with Gasteiger partial charge in [0, 0.05) is 32.0 Å². The van der Waals surface area contributed by atoms with Crippen LogP contribution in [0.2, 0.25) is 0 Å². The topological polar surface area (TPSA) is 88.6 Å². The lowest BCUT2D eigenvalue weighted by atomic mass is 10.2. The van der Waals surface area contributed by atoms with Crippen LogP contribution >= 0.6 is 0 Å². The van der Waals surface area contributed by atoms with E-state index in [4.69, 9.17) is 4.74 Å². The molecule has 0 aliphatic carbocycles. The minimum absolute atomic E-state index is 0.135. The Morgan fingerprint density at radius 1 is 1.19 bits per heavy atom. The maximum absolute atomic E-state index is 12.6. The van der Waals surface area contributed by atoms with Gasteiger partial charge in [-0.2, -0.15) is 4.31 Å². The summed E-state index contributed by atoms with van der Waals surface area (Å²) >= 11 is 0. The molecule has 3 rings (SSSR count). The third kappa shape index (κ3) is 4.84. The fourth-order valence-electron chi connectivity index (χ4n) is 2.92. The molecule has 2 aromatic rings. The summed E-state index contributed by atoms with van der Waals surface area (Å²) in [4.78, 5) is 16.1. The van der Waals surface area contributed by atoms with E-state index in [1.165, 1.54) is 10.4 Å². The summed E-state index contributed by atoms with van der Waals surface area (Å²) in [5, 5.41) is 2.77. The van der Waals surface area contributed by atoms with Crippen LogP contribution in [0.25, 0.3) is 0 Å². The molecule has 1 saturated heterocycles. The summed E-state index contributed by atoms with van der Waals surface area (Å²) in [5.41, 5.74) is 1.63. The first-order valence-electron chi connectivity index (χ1n) is 8.86. The molecule has 8 heteroatoms. The maximum atomic E-state index is 12.6. The van der Waals surface area contributed by atoms with E-state index < -0.39 is 10.0 Å². The van der Waals surface area contributed by atoms with E-state index in [1.807, 2.05) is 12.1 Å². The van der Waals surface area contributed by atoms with Crippen LogP contribution in [0.5, 0.6) is 5.75 Å². The molecule has 144 valence electrons. The number of amides is 1. The quantitative estimate of drug-likeness (QED) is 0.781. The number of aryl methyl sites for hydroxylation is 1. The summed E-state index contributed by atoms with van der Waals surface area (Å²) in [6.45, 7) is 3.17. The number of nitrogens with one attached hydrogen (secondary N) is 1. The average molecular weight is 389 g/mol. The van der Waals surface area contributed by atoms with Crippen LogP contribution < -0.4 is 10.1 Å². The largest absolute Gasteiger partial charge is 0.484 e.